The SMILES string of the molecule is c1ccc(-c2c3ccccc3c(-c3ccc(-c4ccc5c(c4)c4ccccc4c4c6ccccc6sc54)c4ccccc34)c3ccccc23)cc1. The van der Waals surface area contributed by atoms with Crippen LogP contribution in [0.15, 0.2) is 182 Å². The summed E-state index contributed by atoms with van der Waals surface area (Å²) in [6, 6.07) is 67.3. The van der Waals surface area contributed by atoms with Crippen LogP contribution >= 0.6 is 11.3 Å². The second-order valence-electron chi connectivity index (χ2n) is 13.5. The summed E-state index contributed by atoms with van der Waals surface area (Å²) in [6.45, 7) is 0. The Morgan fingerprint density at radius 2 is 0.784 bits per heavy atom. The molecule has 0 spiro atoms. The van der Waals surface area contributed by atoms with Gasteiger partial charge in [0.1, 0.15) is 0 Å². The molecule has 1 heteroatoms. The fourth-order valence-corrected chi connectivity index (χ4v) is 9.93. The van der Waals surface area contributed by atoms with Gasteiger partial charge >= 0.3 is 0 Å². The summed E-state index contributed by atoms with van der Waals surface area (Å²) in [5.74, 6) is 0. The molecule has 0 fully saturated rings. The first-order chi connectivity index (χ1) is 25.3. The Labute approximate surface area is 299 Å². The van der Waals surface area contributed by atoms with Crippen LogP contribution in [0.25, 0.3) is 107 Å². The van der Waals surface area contributed by atoms with Crippen LogP contribution in [0.1, 0.15) is 0 Å². The predicted octanol–water partition coefficient (Wildman–Crippen LogP) is 14.8. The Morgan fingerprint density at radius 3 is 1.47 bits per heavy atom. The first kappa shape index (κ1) is 28.5. The molecule has 0 aliphatic carbocycles. The van der Waals surface area contributed by atoms with Crippen molar-refractivity contribution in [2.75, 3.05) is 0 Å². The Kier molecular flexibility index (Phi) is 6.22. The molecular weight excluding hydrogens is 633 g/mol. The molecule has 10 aromatic carbocycles. The van der Waals surface area contributed by atoms with Crippen molar-refractivity contribution in [2.45, 2.75) is 0 Å². The molecule has 0 atom stereocenters. The van der Waals surface area contributed by atoms with E-state index in [4.69, 9.17) is 0 Å². The molecule has 1 heterocycles. The van der Waals surface area contributed by atoms with Gasteiger partial charge in [-0.3, -0.25) is 0 Å². The van der Waals surface area contributed by atoms with E-state index in [1.54, 1.807) is 0 Å². The van der Waals surface area contributed by atoms with Crippen molar-refractivity contribution in [3.63, 3.8) is 0 Å². The maximum absolute atomic E-state index is 2.43. The first-order valence-electron chi connectivity index (χ1n) is 17.6. The highest BCUT2D eigenvalue weighted by Gasteiger charge is 2.20. The maximum Gasteiger partial charge on any atom is 0.0440 e. The second-order valence-corrected chi connectivity index (χ2v) is 14.6. The lowest BCUT2D eigenvalue weighted by molar-refractivity contribution is 1.66. The van der Waals surface area contributed by atoms with E-state index in [-0.39, 0.29) is 0 Å². The van der Waals surface area contributed by atoms with Gasteiger partial charge in [0.05, 0.1) is 0 Å². The van der Waals surface area contributed by atoms with Gasteiger partial charge in [-0.25, -0.2) is 0 Å². The van der Waals surface area contributed by atoms with Gasteiger partial charge in [0, 0.05) is 25.6 Å². The minimum atomic E-state index is 1.24. The zero-order valence-corrected chi connectivity index (χ0v) is 28.5. The molecular formula is C50H30S. The third-order valence-electron chi connectivity index (χ3n) is 10.8. The van der Waals surface area contributed by atoms with E-state index >= 15 is 0 Å². The fraction of sp³-hybridized carbons (Fsp3) is 0. The zero-order chi connectivity index (χ0) is 33.5. The van der Waals surface area contributed by atoms with Crippen LogP contribution in [0.2, 0.25) is 0 Å². The van der Waals surface area contributed by atoms with Crippen LogP contribution in [-0.2, 0) is 0 Å². The topological polar surface area (TPSA) is 0 Å². The molecule has 0 radical (unpaired) electrons. The summed E-state index contributed by atoms with van der Waals surface area (Å²) < 4.78 is 2.71. The maximum atomic E-state index is 2.43. The average molecular weight is 663 g/mol. The van der Waals surface area contributed by atoms with Crippen molar-refractivity contribution in [3.8, 4) is 33.4 Å². The van der Waals surface area contributed by atoms with Crippen LogP contribution < -0.4 is 0 Å². The summed E-state index contributed by atoms with van der Waals surface area (Å²) in [7, 11) is 0. The minimum Gasteiger partial charge on any atom is -0.135 e. The van der Waals surface area contributed by atoms with E-state index < -0.39 is 0 Å². The molecule has 11 aromatic rings. The molecule has 0 bridgehead atoms. The molecule has 1 aromatic heterocycles. The molecule has 0 saturated carbocycles. The molecule has 0 unspecified atom stereocenters. The lowest BCUT2D eigenvalue weighted by Crippen LogP contribution is -1.92. The Balaban J connectivity index is 1.18. The molecule has 0 aliphatic heterocycles. The minimum absolute atomic E-state index is 1.24. The van der Waals surface area contributed by atoms with Crippen LogP contribution in [-0.4, -0.2) is 0 Å². The van der Waals surface area contributed by atoms with Gasteiger partial charge < -0.3 is 0 Å². The summed E-state index contributed by atoms with van der Waals surface area (Å²) in [4.78, 5) is 0. The van der Waals surface area contributed by atoms with E-state index in [0.29, 0.717) is 0 Å². The van der Waals surface area contributed by atoms with E-state index in [9.17, 15) is 0 Å². The third-order valence-corrected chi connectivity index (χ3v) is 12.0. The van der Waals surface area contributed by atoms with Gasteiger partial charge in [0.25, 0.3) is 0 Å². The quantitative estimate of drug-likeness (QED) is 0.130. The predicted molar refractivity (Wildman–Crippen MR) is 223 cm³/mol. The largest absolute Gasteiger partial charge is 0.135 e. The number of benzene rings is 10. The molecule has 0 amide bonds. The average Bonchev–Trinajstić information content (AvgIpc) is 3.60. The van der Waals surface area contributed by atoms with Gasteiger partial charge in [-0.2, -0.15) is 0 Å². The van der Waals surface area contributed by atoms with Crippen LogP contribution in [0.3, 0.4) is 0 Å². The molecule has 236 valence electrons. The van der Waals surface area contributed by atoms with E-state index in [1.807, 2.05) is 11.3 Å². The molecule has 0 aliphatic rings. The lowest BCUT2D eigenvalue weighted by Gasteiger charge is -2.19. The van der Waals surface area contributed by atoms with Crippen molar-refractivity contribution < 1.29 is 0 Å². The highest BCUT2D eigenvalue weighted by atomic mass is 32.1. The van der Waals surface area contributed by atoms with Gasteiger partial charge in [-0.15, -0.1) is 11.3 Å². The number of thiophene rings is 1. The number of hydrogen-bond donors (Lipinski definition) is 0. The van der Waals surface area contributed by atoms with Gasteiger partial charge in [-0.1, -0.05) is 170 Å². The summed E-state index contributed by atoms with van der Waals surface area (Å²) >= 11 is 1.91. The Morgan fingerprint density at radius 1 is 0.275 bits per heavy atom. The molecule has 0 saturated heterocycles. The van der Waals surface area contributed by atoms with Crippen molar-refractivity contribution in [1.82, 2.24) is 0 Å². The van der Waals surface area contributed by atoms with Crippen molar-refractivity contribution in [1.29, 1.82) is 0 Å². The normalized spacial score (nSPS) is 11.9. The summed E-state index contributed by atoms with van der Waals surface area (Å²) in [5, 5.41) is 15.6. The van der Waals surface area contributed by atoms with Crippen LogP contribution in [0.5, 0.6) is 0 Å². The van der Waals surface area contributed by atoms with Crippen molar-refractivity contribution >= 4 is 85.4 Å². The van der Waals surface area contributed by atoms with E-state index in [0.717, 1.165) is 0 Å². The monoisotopic (exact) mass is 662 g/mol. The van der Waals surface area contributed by atoms with E-state index in [2.05, 4.69) is 182 Å². The Bertz CT molecular complexity index is 3130. The number of rotatable bonds is 3. The Hall–Kier alpha value is -6.28. The van der Waals surface area contributed by atoms with Crippen LogP contribution in [0, 0.1) is 0 Å². The highest BCUT2D eigenvalue weighted by molar-refractivity contribution is 7.27. The van der Waals surface area contributed by atoms with Gasteiger partial charge in [-0.05, 0) is 94.0 Å². The molecule has 11 rings (SSSR count). The fourth-order valence-electron chi connectivity index (χ4n) is 8.67. The van der Waals surface area contributed by atoms with Crippen molar-refractivity contribution in [2.24, 2.45) is 0 Å². The van der Waals surface area contributed by atoms with E-state index in [1.165, 1.54) is 107 Å². The molecule has 51 heavy (non-hydrogen) atoms. The molecule has 0 N–H and O–H groups in total. The highest BCUT2D eigenvalue weighted by Crippen LogP contribution is 2.48. The lowest BCUT2D eigenvalue weighted by atomic mass is 9.83. The number of fused-ring (bicyclic) bond motifs is 11. The second kappa shape index (κ2) is 11.1. The van der Waals surface area contributed by atoms with Crippen molar-refractivity contribution in [3.05, 3.63) is 182 Å². The third kappa shape index (κ3) is 4.19. The van der Waals surface area contributed by atoms with Gasteiger partial charge in [0.15, 0.2) is 0 Å². The number of hydrogen-bond acceptors (Lipinski definition) is 1. The summed E-state index contributed by atoms with van der Waals surface area (Å²) in [6.07, 6.45) is 0. The summed E-state index contributed by atoms with van der Waals surface area (Å²) in [5.41, 5.74) is 7.59. The first-order valence-corrected chi connectivity index (χ1v) is 18.4. The van der Waals surface area contributed by atoms with Crippen LogP contribution in [0.4, 0.5) is 0 Å². The van der Waals surface area contributed by atoms with Gasteiger partial charge in [0.2, 0.25) is 0 Å². The smallest absolute Gasteiger partial charge is 0.0440 e. The zero-order valence-electron chi connectivity index (χ0n) is 27.7. The standard InChI is InChI=1S/C50H30S/c1-2-14-31(15-3-1)47-38-20-8-10-22-40(38)48(41-23-11-9-21-39(41)47)42-29-28-33(34-16-4-5-17-35(34)42)32-26-27-43-45(30-32)36-18-6-7-19-37(36)49-44-24-12-13-25-46(44)51-50(43)49/h1-30H. The molecule has 0 nitrogen and oxygen atoms in total.